The van der Waals surface area contributed by atoms with Crippen LogP contribution in [0.3, 0.4) is 0 Å². The molecule has 160 valence electrons. The molecule has 0 spiro atoms. The molecule has 3 rings (SSSR count). The number of imidazole rings is 1. The van der Waals surface area contributed by atoms with Gasteiger partial charge in [0.05, 0.1) is 23.5 Å². The molecule has 2 aromatic carbocycles. The van der Waals surface area contributed by atoms with Gasteiger partial charge < -0.3 is 4.57 Å². The topological polar surface area (TPSA) is 41.6 Å². The third-order valence-corrected chi connectivity index (χ3v) is 3.97. The Morgan fingerprint density at radius 3 is 2.19 bits per heavy atom. The number of hydrogen-bond acceptors (Lipinski definition) is 2. The molecule has 3 nitrogen and oxygen atoms in total. The smallest absolute Gasteiger partial charge is 0.324 e. The molecular weight excluding hydrogens is 419 g/mol. The molecule has 0 saturated heterocycles. The van der Waals surface area contributed by atoms with Crippen molar-refractivity contribution in [2.45, 2.75) is 18.9 Å². The van der Waals surface area contributed by atoms with Crippen LogP contribution < -0.4 is 5.46 Å². The summed E-state index contributed by atoms with van der Waals surface area (Å²) < 4.78 is 76.7. The van der Waals surface area contributed by atoms with E-state index in [1.807, 2.05) is 6.07 Å². The van der Waals surface area contributed by atoms with Crippen LogP contribution >= 0.6 is 0 Å². The van der Waals surface area contributed by atoms with Gasteiger partial charge in [-0.25, -0.2) is 4.98 Å². The van der Waals surface area contributed by atoms with Crippen molar-refractivity contribution in [1.82, 2.24) is 9.55 Å². The fourth-order valence-corrected chi connectivity index (χ4v) is 2.45. The number of hydrogen-bond donors (Lipinski definition) is 0. The number of alkyl halides is 6. The lowest BCUT2D eigenvalue weighted by Gasteiger charge is -2.07. The second kappa shape index (κ2) is 10.5. The van der Waals surface area contributed by atoms with Crippen molar-refractivity contribution in [1.29, 1.82) is 5.26 Å². The molecule has 0 unspecified atom stereocenters. The van der Waals surface area contributed by atoms with Gasteiger partial charge in [0.1, 0.15) is 6.54 Å². The summed E-state index contributed by atoms with van der Waals surface area (Å²) in [4.78, 5) is 3.75. The van der Waals surface area contributed by atoms with Crippen LogP contribution in [0.4, 0.5) is 26.3 Å². The summed E-state index contributed by atoms with van der Waals surface area (Å²) in [5.41, 5.74) is -0.446. The average molecular weight is 435 g/mol. The Morgan fingerprint density at radius 2 is 1.65 bits per heavy atom. The molecule has 0 amide bonds. The van der Waals surface area contributed by atoms with Gasteiger partial charge in [0.15, 0.2) is 7.28 Å². The van der Waals surface area contributed by atoms with Gasteiger partial charge in [0.2, 0.25) is 0 Å². The van der Waals surface area contributed by atoms with Gasteiger partial charge in [0, 0.05) is 12.4 Å². The van der Waals surface area contributed by atoms with Gasteiger partial charge >= 0.3 is 12.4 Å². The van der Waals surface area contributed by atoms with E-state index in [1.165, 1.54) is 18.2 Å². The zero-order valence-corrected chi connectivity index (χ0v) is 16.0. The second-order valence-electron chi connectivity index (χ2n) is 6.32. The molecule has 0 bridgehead atoms. The number of halogens is 6. The highest BCUT2D eigenvalue weighted by atomic mass is 19.4. The van der Waals surface area contributed by atoms with Crippen molar-refractivity contribution in [3.8, 4) is 6.07 Å². The van der Waals surface area contributed by atoms with Crippen LogP contribution in [0, 0.1) is 11.3 Å². The number of benzene rings is 2. The maximum atomic E-state index is 12.6. The Balaban J connectivity index is 0.000000357. The van der Waals surface area contributed by atoms with Crippen molar-refractivity contribution in [3.05, 3.63) is 89.9 Å². The quantitative estimate of drug-likeness (QED) is 0.434. The number of nitrogens with zero attached hydrogens (tertiary/aromatic N) is 3. The van der Waals surface area contributed by atoms with E-state index >= 15 is 0 Å². The highest BCUT2D eigenvalue weighted by Crippen LogP contribution is 2.29. The van der Waals surface area contributed by atoms with Crippen LogP contribution in [0.2, 0.25) is 0 Å². The Labute approximate surface area is 175 Å². The highest BCUT2D eigenvalue weighted by Gasteiger charge is 2.30. The van der Waals surface area contributed by atoms with E-state index in [-0.39, 0.29) is 7.28 Å². The minimum Gasteiger partial charge on any atom is -0.324 e. The zero-order valence-electron chi connectivity index (χ0n) is 16.0. The van der Waals surface area contributed by atoms with Crippen molar-refractivity contribution in [3.63, 3.8) is 0 Å². The van der Waals surface area contributed by atoms with E-state index in [0.29, 0.717) is 17.6 Å². The van der Waals surface area contributed by atoms with Crippen LogP contribution in [0.25, 0.3) is 6.08 Å². The molecule has 0 fully saturated rings. The SMILES string of the molecule is FC(F)(F)c1ccc(C=CBc2cccc(C(F)(F)F)c2)cc1.N#CCn1ccnc1. The third-order valence-electron chi connectivity index (χ3n) is 3.97. The Morgan fingerprint density at radius 1 is 0.968 bits per heavy atom. The molecule has 10 heteroatoms. The van der Waals surface area contributed by atoms with E-state index in [9.17, 15) is 26.3 Å². The standard InChI is InChI=1S/C16H11BF6.C5H5N3/c18-15(19,20)12-6-4-11(5-7-12)8-9-17-14-3-1-2-13(10-14)16(21,22)23;6-1-3-8-4-2-7-5-8/h1-10,17H;2,4-5H,3H2. The van der Waals surface area contributed by atoms with Gasteiger partial charge in [0.25, 0.3) is 0 Å². The molecule has 0 atom stereocenters. The molecule has 3 aromatic rings. The van der Waals surface area contributed by atoms with Gasteiger partial charge in [-0.05, 0) is 17.7 Å². The van der Waals surface area contributed by atoms with Gasteiger partial charge in [-0.3, -0.25) is 0 Å². The minimum atomic E-state index is -4.40. The molecular formula is C21H16BF6N3. The second-order valence-corrected chi connectivity index (χ2v) is 6.32. The summed E-state index contributed by atoms with van der Waals surface area (Å²) in [6, 6.07) is 11.5. The Hall–Kier alpha value is -3.48. The number of rotatable bonds is 4. The normalized spacial score (nSPS) is 11.5. The lowest BCUT2D eigenvalue weighted by molar-refractivity contribution is -0.138. The van der Waals surface area contributed by atoms with Crippen molar-refractivity contribution >= 4 is 18.8 Å². The maximum absolute atomic E-state index is 12.6. The predicted molar refractivity (Wildman–Crippen MR) is 107 cm³/mol. The molecule has 0 N–H and O–H groups in total. The molecule has 1 aromatic heterocycles. The summed E-state index contributed by atoms with van der Waals surface area (Å²) in [6.45, 7) is 0.389. The monoisotopic (exact) mass is 435 g/mol. The van der Waals surface area contributed by atoms with Crippen molar-refractivity contribution in [2.75, 3.05) is 0 Å². The summed E-state index contributed by atoms with van der Waals surface area (Å²) >= 11 is 0. The summed E-state index contributed by atoms with van der Waals surface area (Å²) in [7, 11) is 0.255. The van der Waals surface area contributed by atoms with Crippen LogP contribution in [0.5, 0.6) is 0 Å². The van der Waals surface area contributed by atoms with E-state index in [4.69, 9.17) is 5.26 Å². The highest BCUT2D eigenvalue weighted by molar-refractivity contribution is 6.59. The number of aromatic nitrogens is 2. The summed E-state index contributed by atoms with van der Waals surface area (Å²) in [6.07, 6.45) is -2.20. The van der Waals surface area contributed by atoms with Crippen molar-refractivity contribution in [2.24, 2.45) is 0 Å². The molecule has 0 aliphatic carbocycles. The minimum absolute atomic E-state index is 0.255. The van der Waals surface area contributed by atoms with Crippen LogP contribution in [0.1, 0.15) is 16.7 Å². The van der Waals surface area contributed by atoms with Crippen LogP contribution in [-0.2, 0) is 18.9 Å². The molecule has 0 aliphatic rings. The van der Waals surface area contributed by atoms with E-state index < -0.39 is 23.5 Å². The third kappa shape index (κ3) is 8.05. The van der Waals surface area contributed by atoms with Gasteiger partial charge in [-0.15, -0.1) is 5.98 Å². The van der Waals surface area contributed by atoms with Gasteiger partial charge in [-0.2, -0.15) is 31.6 Å². The molecule has 1 heterocycles. The van der Waals surface area contributed by atoms with Crippen LogP contribution in [-0.4, -0.2) is 16.8 Å². The zero-order chi connectivity index (χ0) is 22.9. The fraction of sp³-hybridized carbons (Fsp3) is 0.143. The van der Waals surface area contributed by atoms with E-state index in [2.05, 4.69) is 4.98 Å². The van der Waals surface area contributed by atoms with Gasteiger partial charge in [-0.1, -0.05) is 47.9 Å². The first-order valence-corrected chi connectivity index (χ1v) is 8.92. The van der Waals surface area contributed by atoms with E-state index in [1.54, 1.807) is 41.4 Å². The van der Waals surface area contributed by atoms with E-state index in [0.717, 1.165) is 24.3 Å². The first-order chi connectivity index (χ1) is 14.6. The lowest BCUT2D eigenvalue weighted by Crippen LogP contribution is -2.15. The first kappa shape index (κ1) is 23.8. The molecule has 0 radical (unpaired) electrons. The van der Waals surface area contributed by atoms with Crippen molar-refractivity contribution < 1.29 is 26.3 Å². The first-order valence-electron chi connectivity index (χ1n) is 8.92. The molecule has 0 aliphatic heterocycles. The summed E-state index contributed by atoms with van der Waals surface area (Å²) in [5, 5.41) is 8.14. The predicted octanol–water partition coefficient (Wildman–Crippen LogP) is 4.86. The van der Waals surface area contributed by atoms with Crippen LogP contribution in [0.15, 0.2) is 73.2 Å². The lowest BCUT2D eigenvalue weighted by atomic mass is 9.69. The Kier molecular flexibility index (Phi) is 8.08. The fourth-order valence-electron chi connectivity index (χ4n) is 2.45. The Bertz CT molecular complexity index is 1020. The number of nitriles is 1. The summed E-state index contributed by atoms with van der Waals surface area (Å²) in [5.74, 6) is 1.61. The largest absolute Gasteiger partial charge is 0.416 e. The molecule has 31 heavy (non-hydrogen) atoms. The maximum Gasteiger partial charge on any atom is 0.416 e. The average Bonchev–Trinajstić information content (AvgIpc) is 3.21. The molecule has 0 saturated carbocycles.